The minimum atomic E-state index is -0.174. The number of pyridine rings is 1. The molecule has 4 rings (SSSR count). The van der Waals surface area contributed by atoms with Gasteiger partial charge < -0.3 is 5.32 Å². The summed E-state index contributed by atoms with van der Waals surface area (Å²) in [5.41, 5.74) is 4.65. The Morgan fingerprint density at radius 3 is 2.52 bits per heavy atom. The van der Waals surface area contributed by atoms with Gasteiger partial charge in [-0.1, -0.05) is 60.1 Å². The zero-order valence-electron chi connectivity index (χ0n) is 14.7. The van der Waals surface area contributed by atoms with E-state index in [1.165, 1.54) is 0 Å². The number of hydrogen-bond donors (Lipinski definition) is 1. The summed E-state index contributed by atoms with van der Waals surface area (Å²) in [4.78, 5) is 17.7. The SMILES string of the molecule is Cc1cccc(NC(=O)c2cc(-c3ccccc3Cl)nc3ccccc23)c1. The molecular formula is C23H17ClN2O. The zero-order chi connectivity index (χ0) is 18.8. The van der Waals surface area contributed by atoms with Crippen LogP contribution in [0.4, 0.5) is 5.69 Å². The van der Waals surface area contributed by atoms with Crippen LogP contribution in [0.1, 0.15) is 15.9 Å². The normalized spacial score (nSPS) is 10.7. The number of halogens is 1. The van der Waals surface area contributed by atoms with E-state index in [2.05, 4.69) is 5.32 Å². The Morgan fingerprint density at radius 1 is 0.926 bits per heavy atom. The van der Waals surface area contributed by atoms with Crippen LogP contribution in [0.2, 0.25) is 5.02 Å². The van der Waals surface area contributed by atoms with Crippen molar-refractivity contribution < 1.29 is 4.79 Å². The lowest BCUT2D eigenvalue weighted by Crippen LogP contribution is -2.13. The van der Waals surface area contributed by atoms with E-state index in [0.29, 0.717) is 16.3 Å². The van der Waals surface area contributed by atoms with Crippen molar-refractivity contribution in [1.29, 1.82) is 0 Å². The van der Waals surface area contributed by atoms with Crippen molar-refractivity contribution in [1.82, 2.24) is 4.98 Å². The molecule has 0 aliphatic carbocycles. The lowest BCUT2D eigenvalue weighted by atomic mass is 10.0. The molecule has 3 aromatic carbocycles. The Hall–Kier alpha value is -3.17. The molecule has 1 heterocycles. The number of hydrogen-bond acceptors (Lipinski definition) is 2. The maximum Gasteiger partial charge on any atom is 0.256 e. The highest BCUT2D eigenvalue weighted by atomic mass is 35.5. The smallest absolute Gasteiger partial charge is 0.256 e. The van der Waals surface area contributed by atoms with Gasteiger partial charge in [0.15, 0.2) is 0 Å². The third-order valence-electron chi connectivity index (χ3n) is 4.39. The van der Waals surface area contributed by atoms with Crippen molar-refractivity contribution in [3.63, 3.8) is 0 Å². The van der Waals surface area contributed by atoms with Crippen molar-refractivity contribution in [2.75, 3.05) is 5.32 Å². The van der Waals surface area contributed by atoms with Crippen molar-refractivity contribution in [3.05, 3.63) is 95.0 Å². The Labute approximate surface area is 162 Å². The van der Waals surface area contributed by atoms with Crippen LogP contribution in [0, 0.1) is 6.92 Å². The van der Waals surface area contributed by atoms with Gasteiger partial charge in [0.05, 0.1) is 16.8 Å². The summed E-state index contributed by atoms with van der Waals surface area (Å²) in [5, 5.41) is 4.39. The highest BCUT2D eigenvalue weighted by molar-refractivity contribution is 6.33. The number of rotatable bonds is 3. The molecule has 0 fully saturated rings. The van der Waals surface area contributed by atoms with Crippen LogP contribution in [0.25, 0.3) is 22.2 Å². The lowest BCUT2D eigenvalue weighted by molar-refractivity contribution is 0.102. The summed E-state index contributed by atoms with van der Waals surface area (Å²) in [6.07, 6.45) is 0. The van der Waals surface area contributed by atoms with E-state index >= 15 is 0 Å². The van der Waals surface area contributed by atoms with Crippen LogP contribution in [-0.2, 0) is 0 Å². The number of amides is 1. The van der Waals surface area contributed by atoms with Crippen molar-refractivity contribution in [2.24, 2.45) is 0 Å². The number of nitrogens with one attached hydrogen (secondary N) is 1. The predicted molar refractivity (Wildman–Crippen MR) is 111 cm³/mol. The van der Waals surface area contributed by atoms with Crippen molar-refractivity contribution >= 4 is 34.1 Å². The molecule has 1 N–H and O–H groups in total. The van der Waals surface area contributed by atoms with E-state index in [9.17, 15) is 4.79 Å². The van der Waals surface area contributed by atoms with E-state index < -0.39 is 0 Å². The summed E-state index contributed by atoms with van der Waals surface area (Å²) in [6.45, 7) is 1.99. The minimum Gasteiger partial charge on any atom is -0.322 e. The molecule has 0 radical (unpaired) electrons. The molecule has 132 valence electrons. The Kier molecular flexibility index (Phi) is 4.61. The first-order valence-electron chi connectivity index (χ1n) is 8.64. The summed E-state index contributed by atoms with van der Waals surface area (Å²) in [5.74, 6) is -0.174. The third-order valence-corrected chi connectivity index (χ3v) is 4.72. The Bertz CT molecular complexity index is 1150. The highest BCUT2D eigenvalue weighted by Crippen LogP contribution is 2.30. The van der Waals surface area contributed by atoms with Gasteiger partial charge >= 0.3 is 0 Å². The van der Waals surface area contributed by atoms with Crippen LogP contribution < -0.4 is 5.32 Å². The first kappa shape index (κ1) is 17.3. The topological polar surface area (TPSA) is 42.0 Å². The molecule has 0 bridgehead atoms. The van der Waals surface area contributed by atoms with Crippen LogP contribution >= 0.6 is 11.6 Å². The molecule has 4 heteroatoms. The second kappa shape index (κ2) is 7.22. The van der Waals surface area contributed by atoms with E-state index in [-0.39, 0.29) is 5.91 Å². The summed E-state index contributed by atoms with van der Waals surface area (Å²) < 4.78 is 0. The third kappa shape index (κ3) is 3.55. The van der Waals surface area contributed by atoms with Crippen molar-refractivity contribution in [2.45, 2.75) is 6.92 Å². The summed E-state index contributed by atoms with van der Waals surface area (Å²) in [6, 6.07) is 24.7. The fourth-order valence-electron chi connectivity index (χ4n) is 3.09. The average Bonchev–Trinajstić information content (AvgIpc) is 2.67. The van der Waals surface area contributed by atoms with Gasteiger partial charge in [0.25, 0.3) is 5.91 Å². The van der Waals surface area contributed by atoms with Crippen LogP contribution in [0.3, 0.4) is 0 Å². The molecule has 0 unspecified atom stereocenters. The highest BCUT2D eigenvalue weighted by Gasteiger charge is 2.15. The Balaban J connectivity index is 1.83. The molecule has 0 atom stereocenters. The molecule has 0 saturated heterocycles. The number of para-hydroxylation sites is 1. The van der Waals surface area contributed by atoms with Gasteiger partial charge in [0.1, 0.15) is 0 Å². The summed E-state index contributed by atoms with van der Waals surface area (Å²) in [7, 11) is 0. The van der Waals surface area contributed by atoms with Crippen LogP contribution in [0.15, 0.2) is 78.9 Å². The van der Waals surface area contributed by atoms with Gasteiger partial charge in [-0.2, -0.15) is 0 Å². The van der Waals surface area contributed by atoms with E-state index in [1.54, 1.807) is 6.07 Å². The number of benzene rings is 3. The van der Waals surface area contributed by atoms with Gasteiger partial charge in [-0.25, -0.2) is 4.98 Å². The lowest BCUT2D eigenvalue weighted by Gasteiger charge is -2.11. The number of aryl methyl sites for hydroxylation is 1. The largest absolute Gasteiger partial charge is 0.322 e. The van der Waals surface area contributed by atoms with Crippen LogP contribution in [0.5, 0.6) is 0 Å². The van der Waals surface area contributed by atoms with Crippen LogP contribution in [-0.4, -0.2) is 10.9 Å². The van der Waals surface area contributed by atoms with Gasteiger partial charge in [-0.3, -0.25) is 4.79 Å². The maximum atomic E-state index is 13.0. The van der Waals surface area contributed by atoms with Gasteiger partial charge in [-0.05, 0) is 42.8 Å². The fourth-order valence-corrected chi connectivity index (χ4v) is 3.32. The molecule has 0 aliphatic heterocycles. The number of anilines is 1. The minimum absolute atomic E-state index is 0.174. The number of carbonyl (C=O) groups excluding carboxylic acids is 1. The molecular weight excluding hydrogens is 356 g/mol. The molecule has 0 spiro atoms. The van der Waals surface area contributed by atoms with Gasteiger partial charge in [0.2, 0.25) is 0 Å². The van der Waals surface area contributed by atoms with E-state index in [1.807, 2.05) is 79.7 Å². The first-order chi connectivity index (χ1) is 13.1. The number of aromatic nitrogens is 1. The number of nitrogens with zero attached hydrogens (tertiary/aromatic N) is 1. The Morgan fingerprint density at radius 2 is 1.70 bits per heavy atom. The maximum absolute atomic E-state index is 13.0. The van der Waals surface area contributed by atoms with E-state index in [4.69, 9.17) is 16.6 Å². The molecule has 0 aliphatic rings. The van der Waals surface area contributed by atoms with Gasteiger partial charge in [-0.15, -0.1) is 0 Å². The second-order valence-corrected chi connectivity index (χ2v) is 6.78. The summed E-state index contributed by atoms with van der Waals surface area (Å²) >= 11 is 6.35. The molecule has 3 nitrogen and oxygen atoms in total. The first-order valence-corrected chi connectivity index (χ1v) is 9.02. The standard InChI is InChI=1S/C23H17ClN2O/c1-15-7-6-8-16(13-15)25-23(27)19-14-22(18-10-2-4-11-20(18)24)26-21-12-5-3-9-17(19)21/h2-14H,1H3,(H,25,27). The molecule has 0 saturated carbocycles. The van der Waals surface area contributed by atoms with Crippen molar-refractivity contribution in [3.8, 4) is 11.3 Å². The second-order valence-electron chi connectivity index (χ2n) is 6.38. The molecule has 1 aromatic heterocycles. The number of fused-ring (bicyclic) bond motifs is 1. The number of carbonyl (C=O) groups is 1. The molecule has 4 aromatic rings. The molecule has 27 heavy (non-hydrogen) atoms. The zero-order valence-corrected chi connectivity index (χ0v) is 15.5. The monoisotopic (exact) mass is 372 g/mol. The van der Waals surface area contributed by atoms with Gasteiger partial charge in [0, 0.05) is 21.7 Å². The molecule has 1 amide bonds. The predicted octanol–water partition coefficient (Wildman–Crippen LogP) is 6.12. The fraction of sp³-hybridized carbons (Fsp3) is 0.0435. The quantitative estimate of drug-likeness (QED) is 0.471. The van der Waals surface area contributed by atoms with E-state index in [0.717, 1.165) is 27.7 Å². The average molecular weight is 373 g/mol.